The van der Waals surface area contributed by atoms with Crippen molar-refractivity contribution in [2.75, 3.05) is 25.5 Å². The first kappa shape index (κ1) is 34.2. The number of rotatable bonds is 16. The van der Waals surface area contributed by atoms with Crippen molar-refractivity contribution in [2.45, 2.75) is 96.7 Å². The Morgan fingerprint density at radius 1 is 1.14 bits per heavy atom. The minimum absolute atomic E-state index is 0.00823. The quantitative estimate of drug-likeness (QED) is 0.153. The molecule has 3 N–H and O–H groups in total. The van der Waals surface area contributed by atoms with Crippen LogP contribution in [0.1, 0.15) is 72.1 Å². The van der Waals surface area contributed by atoms with Crippen LogP contribution in [0.15, 0.2) is 47.4 Å². The van der Waals surface area contributed by atoms with Gasteiger partial charge in [0.15, 0.2) is 12.0 Å². The lowest BCUT2D eigenvalue weighted by Gasteiger charge is -2.30. The number of hydrogen-bond acceptors (Lipinski definition) is 11. The average molecular weight is 637 g/mol. The fourth-order valence-corrected chi connectivity index (χ4v) is 6.96. The van der Waals surface area contributed by atoms with Crippen LogP contribution in [0.3, 0.4) is 0 Å². The van der Waals surface area contributed by atoms with Gasteiger partial charge in [0.05, 0.1) is 19.1 Å². The van der Waals surface area contributed by atoms with E-state index in [0.717, 1.165) is 31.2 Å². The van der Waals surface area contributed by atoms with Gasteiger partial charge in [0.2, 0.25) is 0 Å². The summed E-state index contributed by atoms with van der Waals surface area (Å²) in [5, 5.41) is 2.82. The molecule has 2 aromatic rings. The largest absolute Gasteiger partial charge is 0.464 e. The van der Waals surface area contributed by atoms with Gasteiger partial charge in [-0.15, -0.1) is 0 Å². The van der Waals surface area contributed by atoms with Gasteiger partial charge in [0.1, 0.15) is 30.2 Å². The summed E-state index contributed by atoms with van der Waals surface area (Å²) in [7, 11) is -3.96. The number of nitrogen functional groups attached to an aromatic ring is 1. The average Bonchev–Trinajstić information content (AvgIpc) is 3.38. The molecule has 0 spiro atoms. The number of carbonyl (C=O) groups is 1. The van der Waals surface area contributed by atoms with Crippen LogP contribution in [0.4, 0.5) is 5.82 Å². The smallest absolute Gasteiger partial charge is 0.406 e. The Labute approximate surface area is 258 Å². The Balaban J connectivity index is 1.46. The molecule has 0 amide bonds. The summed E-state index contributed by atoms with van der Waals surface area (Å²) < 4.78 is 51.1. The van der Waals surface area contributed by atoms with Gasteiger partial charge in [-0.3, -0.25) is 18.4 Å². The molecule has 14 heteroatoms. The second-order valence-corrected chi connectivity index (χ2v) is 13.5. The molecule has 1 unspecified atom stereocenters. The topological polar surface area (TPSA) is 162 Å². The lowest BCUT2D eigenvalue weighted by atomic mass is 9.96. The predicted octanol–water partition coefficient (Wildman–Crippen LogP) is 4.32. The molecule has 244 valence electrons. The van der Waals surface area contributed by atoms with Gasteiger partial charge in [-0.2, -0.15) is 4.98 Å². The standard InChI is InChI=1S/C30H45N4O9P/c1-6-11-22(12-7-2)26(35)38-18-16-32-44(37,39-19-21-13-9-8-10-14-21)40-20-23-25-30(5,43-29(3,4)42-25)27(41-23)34-17-15-24(31)33-28(34)36/h8-10,13-15,17,22-23,25,27H,6-7,11-12,16,18-20H2,1-5H3,(H,32,37)(H2,31,33,36)/t23-,25-,27-,30-,44?/m1/s1. The molecule has 4 rings (SSSR count). The van der Waals surface area contributed by atoms with Crippen LogP contribution in [0.2, 0.25) is 0 Å². The zero-order chi connectivity index (χ0) is 32.0. The molecule has 1 aromatic carbocycles. The summed E-state index contributed by atoms with van der Waals surface area (Å²) in [5.74, 6) is -1.34. The third kappa shape index (κ3) is 8.33. The number of esters is 1. The molecule has 0 aliphatic carbocycles. The number of fused-ring (bicyclic) bond motifs is 1. The Morgan fingerprint density at radius 3 is 2.50 bits per heavy atom. The first-order chi connectivity index (χ1) is 20.9. The van der Waals surface area contributed by atoms with Crippen molar-refractivity contribution < 1.29 is 37.4 Å². The Morgan fingerprint density at radius 2 is 1.84 bits per heavy atom. The second-order valence-electron chi connectivity index (χ2n) is 11.7. The molecule has 44 heavy (non-hydrogen) atoms. The van der Waals surface area contributed by atoms with E-state index >= 15 is 0 Å². The van der Waals surface area contributed by atoms with E-state index in [1.165, 1.54) is 16.8 Å². The molecule has 0 saturated carbocycles. The Hall–Kier alpha value is -2.64. The summed E-state index contributed by atoms with van der Waals surface area (Å²) in [4.78, 5) is 29.1. The van der Waals surface area contributed by atoms with Crippen molar-refractivity contribution in [1.29, 1.82) is 0 Å². The van der Waals surface area contributed by atoms with E-state index in [2.05, 4.69) is 10.1 Å². The van der Waals surface area contributed by atoms with Crippen LogP contribution >= 0.6 is 7.75 Å². The molecule has 13 nitrogen and oxygen atoms in total. The molecular formula is C30H45N4O9P. The van der Waals surface area contributed by atoms with E-state index in [0.29, 0.717) is 0 Å². The molecule has 0 bridgehead atoms. The highest BCUT2D eigenvalue weighted by molar-refractivity contribution is 7.51. The minimum atomic E-state index is -3.96. The van der Waals surface area contributed by atoms with Crippen molar-refractivity contribution >= 4 is 19.5 Å². The Bertz CT molecular complexity index is 1350. The number of anilines is 1. The van der Waals surface area contributed by atoms with Gasteiger partial charge in [-0.05, 0) is 45.2 Å². The van der Waals surface area contributed by atoms with Crippen LogP contribution in [0, 0.1) is 5.92 Å². The van der Waals surface area contributed by atoms with E-state index < -0.39 is 43.3 Å². The summed E-state index contributed by atoms with van der Waals surface area (Å²) in [6.07, 6.45) is 2.34. The minimum Gasteiger partial charge on any atom is -0.464 e. The lowest BCUT2D eigenvalue weighted by Crippen LogP contribution is -2.44. The van der Waals surface area contributed by atoms with Crippen molar-refractivity contribution in [1.82, 2.24) is 14.6 Å². The SMILES string of the molecule is CCCC(CCC)C(=O)OCCNP(=O)(OCc1ccccc1)OC[C@H]1O[C@@H](n2ccc(N)nc2=O)[C@]2(C)OC(C)(C)O[C@H]12. The monoisotopic (exact) mass is 636 g/mol. The van der Waals surface area contributed by atoms with Crippen LogP contribution in [-0.2, 0) is 44.0 Å². The van der Waals surface area contributed by atoms with Crippen LogP contribution in [-0.4, -0.2) is 58.9 Å². The molecule has 2 aliphatic rings. The number of ether oxygens (including phenoxy) is 4. The van der Waals surface area contributed by atoms with E-state index in [1.54, 1.807) is 20.8 Å². The zero-order valence-corrected chi connectivity index (χ0v) is 27.0. The molecule has 1 aromatic heterocycles. The van der Waals surface area contributed by atoms with E-state index in [-0.39, 0.29) is 44.1 Å². The van der Waals surface area contributed by atoms with E-state index in [1.807, 2.05) is 44.2 Å². The van der Waals surface area contributed by atoms with Gasteiger partial charge in [-0.1, -0.05) is 57.0 Å². The normalized spacial score (nSPS) is 25.5. The highest BCUT2D eigenvalue weighted by atomic mass is 31.2. The maximum Gasteiger partial charge on any atom is 0.406 e. The fourth-order valence-electron chi connectivity index (χ4n) is 5.68. The molecular weight excluding hydrogens is 591 g/mol. The van der Waals surface area contributed by atoms with E-state index in [4.69, 9.17) is 33.7 Å². The first-order valence-corrected chi connectivity index (χ1v) is 16.7. The second kappa shape index (κ2) is 14.6. The predicted molar refractivity (Wildman–Crippen MR) is 162 cm³/mol. The molecule has 5 atom stereocenters. The highest BCUT2D eigenvalue weighted by Gasteiger charge is 2.64. The van der Waals surface area contributed by atoms with Gasteiger partial charge in [0.25, 0.3) is 0 Å². The summed E-state index contributed by atoms with van der Waals surface area (Å²) in [6, 6.07) is 10.7. The summed E-state index contributed by atoms with van der Waals surface area (Å²) >= 11 is 0. The Kier molecular flexibility index (Phi) is 11.4. The van der Waals surface area contributed by atoms with E-state index in [9.17, 15) is 14.2 Å². The number of carbonyl (C=O) groups excluding carboxylic acids is 1. The number of aromatic nitrogens is 2. The maximum atomic E-state index is 14.0. The van der Waals surface area contributed by atoms with Crippen molar-refractivity contribution in [3.05, 3.63) is 58.6 Å². The molecule has 2 aliphatic heterocycles. The third-order valence-electron chi connectivity index (χ3n) is 7.59. The third-order valence-corrected chi connectivity index (χ3v) is 9.16. The molecule has 2 saturated heterocycles. The fraction of sp³-hybridized carbons (Fsp3) is 0.633. The maximum absolute atomic E-state index is 14.0. The zero-order valence-electron chi connectivity index (χ0n) is 26.1. The summed E-state index contributed by atoms with van der Waals surface area (Å²) in [6.45, 7) is 9.18. The van der Waals surface area contributed by atoms with Gasteiger partial charge < -0.3 is 24.7 Å². The highest BCUT2D eigenvalue weighted by Crippen LogP contribution is 2.52. The number of nitrogens with zero attached hydrogens (tertiary/aromatic N) is 2. The van der Waals surface area contributed by atoms with Crippen molar-refractivity contribution in [2.24, 2.45) is 5.92 Å². The molecule has 3 heterocycles. The molecule has 2 fully saturated rings. The van der Waals surface area contributed by atoms with Crippen molar-refractivity contribution in [3.8, 4) is 0 Å². The lowest BCUT2D eigenvalue weighted by molar-refractivity contribution is -0.217. The molecule has 0 radical (unpaired) electrons. The number of benzene rings is 1. The van der Waals surface area contributed by atoms with Gasteiger partial charge >= 0.3 is 19.4 Å². The summed E-state index contributed by atoms with van der Waals surface area (Å²) in [5.41, 5.74) is 4.76. The van der Waals surface area contributed by atoms with Crippen LogP contribution < -0.4 is 16.5 Å². The van der Waals surface area contributed by atoms with Crippen molar-refractivity contribution in [3.63, 3.8) is 0 Å². The first-order valence-electron chi connectivity index (χ1n) is 15.1. The van der Waals surface area contributed by atoms with Crippen LogP contribution in [0.5, 0.6) is 0 Å². The number of nitrogens with two attached hydrogens (primary N) is 1. The van der Waals surface area contributed by atoms with Gasteiger partial charge in [-0.25, -0.2) is 14.4 Å². The number of hydrogen-bond donors (Lipinski definition) is 2. The van der Waals surface area contributed by atoms with Gasteiger partial charge in [0, 0.05) is 12.7 Å². The number of nitrogens with one attached hydrogen (secondary N) is 1. The van der Waals surface area contributed by atoms with Crippen LogP contribution in [0.25, 0.3) is 0 Å².